The number of hydrogen-bond donors (Lipinski definition) is 1. The molecule has 0 heterocycles. The first-order valence-corrected chi connectivity index (χ1v) is 6.86. The van der Waals surface area contributed by atoms with Crippen molar-refractivity contribution in [1.29, 1.82) is 0 Å². The lowest BCUT2D eigenvalue weighted by Crippen LogP contribution is -2.22. The Bertz CT molecular complexity index is 337. The number of rotatable bonds is 6. The molecule has 2 atom stereocenters. The highest BCUT2D eigenvalue weighted by atomic mass is 32.2. The van der Waals surface area contributed by atoms with Crippen molar-refractivity contribution in [2.75, 3.05) is 26.5 Å². The van der Waals surface area contributed by atoms with Crippen molar-refractivity contribution >= 4 is 10.8 Å². The molecule has 0 radical (unpaired) electrons. The van der Waals surface area contributed by atoms with Crippen LogP contribution in [-0.4, -0.2) is 30.7 Å². The van der Waals surface area contributed by atoms with Crippen molar-refractivity contribution < 1.29 is 8.95 Å². The fraction of sp³-hybridized carbons (Fsp3) is 0.500. The van der Waals surface area contributed by atoms with Gasteiger partial charge in [-0.2, -0.15) is 0 Å². The maximum absolute atomic E-state index is 11.2. The predicted octanol–water partition coefficient (Wildman–Crippen LogP) is 1.72. The van der Waals surface area contributed by atoms with Crippen molar-refractivity contribution in [3.05, 3.63) is 29.8 Å². The van der Waals surface area contributed by atoms with E-state index in [1.165, 1.54) is 5.56 Å². The highest BCUT2D eigenvalue weighted by molar-refractivity contribution is 7.84. The van der Waals surface area contributed by atoms with Gasteiger partial charge in [-0.3, -0.25) is 4.21 Å². The van der Waals surface area contributed by atoms with Crippen molar-refractivity contribution in [3.63, 3.8) is 0 Å². The third-order valence-corrected chi connectivity index (χ3v) is 3.40. The zero-order chi connectivity index (χ0) is 12.0. The molecule has 16 heavy (non-hydrogen) atoms. The Labute approximate surface area is 99.7 Å². The number of benzene rings is 1. The topological polar surface area (TPSA) is 38.3 Å². The van der Waals surface area contributed by atoms with Crippen LogP contribution >= 0.6 is 0 Å². The highest BCUT2D eigenvalue weighted by Gasteiger charge is 2.04. The Hall–Kier alpha value is -0.710. The molecule has 0 amide bonds. The van der Waals surface area contributed by atoms with E-state index in [1.807, 2.05) is 24.3 Å². The summed E-state index contributed by atoms with van der Waals surface area (Å²) >= 11 is 0. The summed E-state index contributed by atoms with van der Waals surface area (Å²) in [5.74, 6) is 0. The van der Waals surface area contributed by atoms with Crippen LogP contribution in [0.15, 0.2) is 29.2 Å². The molecule has 1 aromatic rings. The zero-order valence-electron chi connectivity index (χ0n) is 10.0. The number of nitrogens with one attached hydrogen (secondary N) is 1. The first-order chi connectivity index (χ1) is 7.65. The molecule has 0 aromatic heterocycles. The predicted molar refractivity (Wildman–Crippen MR) is 67.1 cm³/mol. The van der Waals surface area contributed by atoms with Crippen LogP contribution in [-0.2, 0) is 15.5 Å². The van der Waals surface area contributed by atoms with Crippen molar-refractivity contribution in [3.8, 4) is 0 Å². The molecule has 0 saturated carbocycles. The first-order valence-electron chi connectivity index (χ1n) is 5.31. The lowest BCUT2D eigenvalue weighted by atomic mass is 10.1. The van der Waals surface area contributed by atoms with E-state index in [4.69, 9.17) is 4.74 Å². The maximum atomic E-state index is 11.2. The van der Waals surface area contributed by atoms with Crippen LogP contribution in [0.4, 0.5) is 0 Å². The molecular weight excluding hydrogens is 222 g/mol. The summed E-state index contributed by atoms with van der Waals surface area (Å²) in [6, 6.07) is 8.15. The molecule has 0 aliphatic rings. The molecule has 0 aliphatic heterocycles. The van der Waals surface area contributed by atoms with Crippen molar-refractivity contribution in [1.82, 2.24) is 5.32 Å². The minimum atomic E-state index is -0.898. The van der Waals surface area contributed by atoms with Gasteiger partial charge in [0.15, 0.2) is 0 Å². The van der Waals surface area contributed by atoms with Crippen LogP contribution in [0, 0.1) is 0 Å². The summed E-state index contributed by atoms with van der Waals surface area (Å²) in [5, 5.41) is 3.35. The molecule has 90 valence electrons. The van der Waals surface area contributed by atoms with E-state index in [1.54, 1.807) is 13.4 Å². The molecule has 4 heteroatoms. The van der Waals surface area contributed by atoms with E-state index in [0.717, 1.165) is 11.4 Å². The summed E-state index contributed by atoms with van der Waals surface area (Å²) in [6.45, 7) is 3.65. The minimum Gasteiger partial charge on any atom is -0.383 e. The fourth-order valence-corrected chi connectivity index (χ4v) is 1.96. The third-order valence-electron chi connectivity index (χ3n) is 2.47. The molecule has 0 fully saturated rings. The monoisotopic (exact) mass is 241 g/mol. The average Bonchev–Trinajstić information content (AvgIpc) is 2.29. The second-order valence-electron chi connectivity index (χ2n) is 3.69. The van der Waals surface area contributed by atoms with Crippen molar-refractivity contribution in [2.24, 2.45) is 0 Å². The molecule has 0 saturated heterocycles. The summed E-state index contributed by atoms with van der Waals surface area (Å²) < 4.78 is 16.2. The van der Waals surface area contributed by atoms with Gasteiger partial charge in [-0.25, -0.2) is 0 Å². The van der Waals surface area contributed by atoms with Gasteiger partial charge in [0.05, 0.1) is 6.61 Å². The smallest absolute Gasteiger partial charge is 0.0587 e. The Morgan fingerprint density at radius 2 is 2.00 bits per heavy atom. The van der Waals surface area contributed by atoms with Crippen LogP contribution in [0.25, 0.3) is 0 Å². The Morgan fingerprint density at radius 3 is 2.50 bits per heavy atom. The van der Waals surface area contributed by atoms with E-state index >= 15 is 0 Å². The van der Waals surface area contributed by atoms with E-state index in [0.29, 0.717) is 6.61 Å². The van der Waals surface area contributed by atoms with Crippen LogP contribution in [0.3, 0.4) is 0 Å². The minimum absolute atomic E-state index is 0.287. The highest BCUT2D eigenvalue weighted by Crippen LogP contribution is 2.14. The molecule has 0 spiro atoms. The molecule has 1 rings (SSSR count). The van der Waals surface area contributed by atoms with Crippen LogP contribution in [0.2, 0.25) is 0 Å². The lowest BCUT2D eigenvalue weighted by molar-refractivity contribution is 0.196. The van der Waals surface area contributed by atoms with Gasteiger partial charge in [0.25, 0.3) is 0 Å². The average molecular weight is 241 g/mol. The fourth-order valence-electron chi connectivity index (χ4n) is 1.44. The Morgan fingerprint density at radius 1 is 1.38 bits per heavy atom. The van der Waals surface area contributed by atoms with E-state index in [-0.39, 0.29) is 6.04 Å². The molecule has 1 N–H and O–H groups in total. The summed E-state index contributed by atoms with van der Waals surface area (Å²) in [4.78, 5) is 0.868. The summed E-state index contributed by atoms with van der Waals surface area (Å²) in [7, 11) is 0.795. The van der Waals surface area contributed by atoms with Gasteiger partial charge in [0.1, 0.15) is 0 Å². The van der Waals surface area contributed by atoms with Gasteiger partial charge in [0.2, 0.25) is 0 Å². The van der Waals surface area contributed by atoms with E-state index in [9.17, 15) is 4.21 Å². The van der Waals surface area contributed by atoms with Gasteiger partial charge < -0.3 is 10.1 Å². The van der Waals surface area contributed by atoms with Gasteiger partial charge in [-0.15, -0.1) is 0 Å². The lowest BCUT2D eigenvalue weighted by Gasteiger charge is -2.14. The summed E-state index contributed by atoms with van der Waals surface area (Å²) in [5.41, 5.74) is 1.20. The second-order valence-corrected chi connectivity index (χ2v) is 5.07. The van der Waals surface area contributed by atoms with Crippen LogP contribution in [0.5, 0.6) is 0 Å². The molecule has 1 aromatic carbocycles. The molecule has 0 aliphatic carbocycles. The molecule has 2 unspecified atom stereocenters. The first kappa shape index (κ1) is 13.4. The number of methoxy groups -OCH3 is 1. The van der Waals surface area contributed by atoms with Gasteiger partial charge in [-0.1, -0.05) is 12.1 Å². The van der Waals surface area contributed by atoms with Gasteiger partial charge >= 0.3 is 0 Å². The summed E-state index contributed by atoms with van der Waals surface area (Å²) in [6.07, 6.45) is 1.69. The number of hydrogen-bond acceptors (Lipinski definition) is 3. The second kappa shape index (κ2) is 6.78. The third kappa shape index (κ3) is 4.04. The van der Waals surface area contributed by atoms with E-state index < -0.39 is 10.8 Å². The quantitative estimate of drug-likeness (QED) is 0.771. The standard InChI is InChI=1S/C12H19NO2S/c1-10(13-8-9-15-2)11-4-6-12(7-5-11)16(3)14/h4-7,10,13H,8-9H2,1-3H3. The zero-order valence-corrected chi connectivity index (χ0v) is 10.8. The largest absolute Gasteiger partial charge is 0.383 e. The Balaban J connectivity index is 2.56. The van der Waals surface area contributed by atoms with Crippen LogP contribution < -0.4 is 5.32 Å². The van der Waals surface area contributed by atoms with Crippen molar-refractivity contribution in [2.45, 2.75) is 17.9 Å². The maximum Gasteiger partial charge on any atom is 0.0587 e. The molecule has 0 bridgehead atoms. The van der Waals surface area contributed by atoms with Gasteiger partial charge in [0, 0.05) is 41.6 Å². The van der Waals surface area contributed by atoms with E-state index in [2.05, 4.69) is 12.2 Å². The normalized spacial score (nSPS) is 14.7. The van der Waals surface area contributed by atoms with Crippen LogP contribution in [0.1, 0.15) is 18.5 Å². The van der Waals surface area contributed by atoms with Gasteiger partial charge in [-0.05, 0) is 24.6 Å². The molecule has 3 nitrogen and oxygen atoms in total. The number of ether oxygens (including phenoxy) is 1. The molecular formula is C12H19NO2S. The SMILES string of the molecule is COCCNC(C)c1ccc(S(C)=O)cc1. The Kier molecular flexibility index (Phi) is 5.66.